The summed E-state index contributed by atoms with van der Waals surface area (Å²) < 4.78 is 11.0. The number of nitrogens with two attached hydrogens (primary N) is 1. The highest BCUT2D eigenvalue weighted by Gasteiger charge is 2.37. The molecule has 2 aliphatic rings. The lowest BCUT2D eigenvalue weighted by atomic mass is 9.79. The van der Waals surface area contributed by atoms with E-state index in [-0.39, 0.29) is 0 Å². The SMILES string of the molecule is CCCCC1CN2CCc3cc(OC)c(OC)cc3C2CC1N. The van der Waals surface area contributed by atoms with Crippen LogP contribution in [-0.2, 0) is 6.42 Å². The molecule has 0 bridgehead atoms. The summed E-state index contributed by atoms with van der Waals surface area (Å²) in [6.45, 7) is 4.52. The first kappa shape index (κ1) is 16.6. The van der Waals surface area contributed by atoms with Gasteiger partial charge >= 0.3 is 0 Å². The molecule has 1 aromatic rings. The van der Waals surface area contributed by atoms with Crippen molar-refractivity contribution in [3.8, 4) is 11.5 Å². The van der Waals surface area contributed by atoms with E-state index in [1.807, 2.05) is 0 Å². The Hall–Kier alpha value is -1.26. The van der Waals surface area contributed by atoms with Gasteiger partial charge in [-0.05, 0) is 48.4 Å². The third-order valence-corrected chi connectivity index (χ3v) is 5.61. The minimum absolute atomic E-state index is 0.307. The van der Waals surface area contributed by atoms with Crippen molar-refractivity contribution in [3.63, 3.8) is 0 Å². The number of hydrogen-bond acceptors (Lipinski definition) is 4. The van der Waals surface area contributed by atoms with Crippen molar-refractivity contribution in [1.82, 2.24) is 4.90 Å². The molecule has 3 unspecified atom stereocenters. The third kappa shape index (κ3) is 3.20. The van der Waals surface area contributed by atoms with Crippen LogP contribution in [0.2, 0.25) is 0 Å². The monoisotopic (exact) mass is 318 g/mol. The minimum atomic E-state index is 0.307. The Bertz CT molecular complexity index is 546. The van der Waals surface area contributed by atoms with Crippen LogP contribution in [0, 0.1) is 5.92 Å². The number of fused-ring (bicyclic) bond motifs is 3. The van der Waals surface area contributed by atoms with Gasteiger partial charge in [-0.2, -0.15) is 0 Å². The molecule has 2 heterocycles. The standard InChI is InChI=1S/C19H30N2O2/c1-4-5-6-14-12-21-8-7-13-9-18(22-2)19(23-3)10-15(13)17(21)11-16(14)20/h9-10,14,16-17H,4-8,11-12,20H2,1-3H3. The van der Waals surface area contributed by atoms with E-state index in [4.69, 9.17) is 15.2 Å². The zero-order valence-corrected chi connectivity index (χ0v) is 14.7. The van der Waals surface area contributed by atoms with Crippen LogP contribution in [0.25, 0.3) is 0 Å². The largest absolute Gasteiger partial charge is 0.493 e. The van der Waals surface area contributed by atoms with Crippen LogP contribution in [0.15, 0.2) is 12.1 Å². The van der Waals surface area contributed by atoms with E-state index in [0.717, 1.165) is 37.4 Å². The summed E-state index contributed by atoms with van der Waals surface area (Å²) in [4.78, 5) is 2.64. The number of unbranched alkanes of at least 4 members (excludes halogenated alkanes) is 1. The van der Waals surface area contributed by atoms with Gasteiger partial charge < -0.3 is 15.2 Å². The van der Waals surface area contributed by atoms with Crippen molar-refractivity contribution >= 4 is 0 Å². The van der Waals surface area contributed by atoms with Crippen molar-refractivity contribution < 1.29 is 9.47 Å². The smallest absolute Gasteiger partial charge is 0.161 e. The highest BCUT2D eigenvalue weighted by molar-refractivity contribution is 5.49. The Morgan fingerprint density at radius 2 is 1.96 bits per heavy atom. The second-order valence-electron chi connectivity index (χ2n) is 6.97. The van der Waals surface area contributed by atoms with Crippen molar-refractivity contribution in [2.45, 2.75) is 51.1 Å². The van der Waals surface area contributed by atoms with E-state index in [1.54, 1.807) is 14.2 Å². The number of hydrogen-bond donors (Lipinski definition) is 1. The number of benzene rings is 1. The van der Waals surface area contributed by atoms with E-state index in [0.29, 0.717) is 18.0 Å². The van der Waals surface area contributed by atoms with E-state index in [2.05, 4.69) is 24.0 Å². The molecule has 0 aromatic heterocycles. The Morgan fingerprint density at radius 1 is 1.22 bits per heavy atom. The molecule has 1 aromatic carbocycles. The number of methoxy groups -OCH3 is 2. The quantitative estimate of drug-likeness (QED) is 0.906. The van der Waals surface area contributed by atoms with Crippen molar-refractivity contribution in [3.05, 3.63) is 23.3 Å². The first-order chi connectivity index (χ1) is 11.2. The second-order valence-corrected chi connectivity index (χ2v) is 6.97. The Kier molecular flexibility index (Phi) is 5.12. The number of piperidine rings is 1. The van der Waals surface area contributed by atoms with Gasteiger partial charge in [0.1, 0.15) is 0 Å². The fourth-order valence-corrected chi connectivity index (χ4v) is 4.23. The van der Waals surface area contributed by atoms with Gasteiger partial charge in [-0.1, -0.05) is 19.8 Å². The average Bonchev–Trinajstić information content (AvgIpc) is 2.58. The van der Waals surface area contributed by atoms with Crippen LogP contribution < -0.4 is 15.2 Å². The van der Waals surface area contributed by atoms with Crippen LogP contribution in [0.1, 0.15) is 49.8 Å². The summed E-state index contributed by atoms with van der Waals surface area (Å²) in [5.41, 5.74) is 9.31. The van der Waals surface area contributed by atoms with Gasteiger partial charge in [-0.15, -0.1) is 0 Å². The summed E-state index contributed by atoms with van der Waals surface area (Å²) in [6.07, 6.45) is 5.95. The number of nitrogens with zero attached hydrogens (tertiary/aromatic N) is 1. The molecule has 0 saturated carbocycles. The third-order valence-electron chi connectivity index (χ3n) is 5.61. The fourth-order valence-electron chi connectivity index (χ4n) is 4.23. The van der Waals surface area contributed by atoms with Crippen LogP contribution >= 0.6 is 0 Å². The molecular formula is C19H30N2O2. The molecule has 23 heavy (non-hydrogen) atoms. The van der Waals surface area contributed by atoms with Gasteiger partial charge in [-0.25, -0.2) is 0 Å². The predicted octanol–water partition coefficient (Wildman–Crippen LogP) is 3.14. The van der Waals surface area contributed by atoms with Crippen LogP contribution in [0.4, 0.5) is 0 Å². The molecule has 3 rings (SSSR count). The Balaban J connectivity index is 1.84. The Morgan fingerprint density at radius 3 is 2.65 bits per heavy atom. The molecule has 0 amide bonds. The lowest BCUT2D eigenvalue weighted by Crippen LogP contribution is -2.50. The summed E-state index contributed by atoms with van der Waals surface area (Å²) in [5.74, 6) is 2.31. The zero-order chi connectivity index (χ0) is 16.4. The van der Waals surface area contributed by atoms with Crippen LogP contribution in [0.3, 0.4) is 0 Å². The van der Waals surface area contributed by atoms with Crippen molar-refractivity contribution in [2.24, 2.45) is 11.7 Å². The summed E-state index contributed by atoms with van der Waals surface area (Å²) in [5, 5.41) is 0. The molecule has 128 valence electrons. The van der Waals surface area contributed by atoms with Gasteiger partial charge in [0.25, 0.3) is 0 Å². The molecule has 2 aliphatic heterocycles. The number of rotatable bonds is 5. The van der Waals surface area contributed by atoms with E-state index in [9.17, 15) is 0 Å². The highest BCUT2D eigenvalue weighted by Crippen LogP contribution is 2.42. The van der Waals surface area contributed by atoms with Crippen LogP contribution in [0.5, 0.6) is 11.5 Å². The molecule has 0 aliphatic carbocycles. The summed E-state index contributed by atoms with van der Waals surface area (Å²) in [7, 11) is 3.41. The molecule has 3 atom stereocenters. The normalized spacial score (nSPS) is 27.2. The van der Waals surface area contributed by atoms with Gasteiger partial charge in [0.2, 0.25) is 0 Å². The van der Waals surface area contributed by atoms with E-state index < -0.39 is 0 Å². The number of ether oxygens (including phenoxy) is 2. The maximum absolute atomic E-state index is 6.53. The fraction of sp³-hybridized carbons (Fsp3) is 0.684. The van der Waals surface area contributed by atoms with Gasteiger partial charge in [0.15, 0.2) is 11.5 Å². The van der Waals surface area contributed by atoms with Gasteiger partial charge in [0.05, 0.1) is 14.2 Å². The van der Waals surface area contributed by atoms with Gasteiger partial charge in [-0.3, -0.25) is 4.90 Å². The van der Waals surface area contributed by atoms with E-state index >= 15 is 0 Å². The molecule has 1 saturated heterocycles. The summed E-state index contributed by atoms with van der Waals surface area (Å²) >= 11 is 0. The maximum atomic E-state index is 6.53. The zero-order valence-electron chi connectivity index (χ0n) is 14.7. The molecular weight excluding hydrogens is 288 g/mol. The average molecular weight is 318 g/mol. The first-order valence-corrected chi connectivity index (χ1v) is 8.92. The molecule has 1 fully saturated rings. The predicted molar refractivity (Wildman–Crippen MR) is 93.2 cm³/mol. The minimum Gasteiger partial charge on any atom is -0.493 e. The molecule has 4 nitrogen and oxygen atoms in total. The van der Waals surface area contributed by atoms with Gasteiger partial charge in [0, 0.05) is 25.2 Å². The highest BCUT2D eigenvalue weighted by atomic mass is 16.5. The molecule has 2 N–H and O–H groups in total. The topological polar surface area (TPSA) is 47.7 Å². The first-order valence-electron chi connectivity index (χ1n) is 8.92. The van der Waals surface area contributed by atoms with Crippen molar-refractivity contribution in [2.75, 3.05) is 27.3 Å². The van der Waals surface area contributed by atoms with E-state index in [1.165, 1.54) is 30.4 Å². The lowest BCUT2D eigenvalue weighted by Gasteiger charge is -2.46. The van der Waals surface area contributed by atoms with Crippen molar-refractivity contribution in [1.29, 1.82) is 0 Å². The Labute approximate surface area is 139 Å². The van der Waals surface area contributed by atoms with Crippen LogP contribution in [-0.4, -0.2) is 38.3 Å². The molecule has 4 heteroatoms. The lowest BCUT2D eigenvalue weighted by molar-refractivity contribution is 0.0783. The summed E-state index contributed by atoms with van der Waals surface area (Å²) in [6, 6.07) is 5.07. The maximum Gasteiger partial charge on any atom is 0.161 e. The molecule has 0 spiro atoms. The molecule has 0 radical (unpaired) electrons. The second kappa shape index (κ2) is 7.10.